The van der Waals surface area contributed by atoms with E-state index in [1.807, 2.05) is 37.2 Å². The van der Waals surface area contributed by atoms with Crippen LogP contribution in [0.4, 0.5) is 11.4 Å². The molecule has 1 radical (unpaired) electrons. The van der Waals surface area contributed by atoms with Crippen LogP contribution in [0.2, 0.25) is 0 Å². The molecule has 0 saturated heterocycles. The summed E-state index contributed by atoms with van der Waals surface area (Å²) in [5.41, 5.74) is 5.55. The molecule has 5 heteroatoms. The van der Waals surface area contributed by atoms with Crippen molar-refractivity contribution in [1.29, 1.82) is 0 Å². The van der Waals surface area contributed by atoms with Gasteiger partial charge in [0.05, 0.1) is 0 Å². The number of benzene rings is 2. The maximum Gasteiger partial charge on any atom is 0.148 e. The van der Waals surface area contributed by atoms with Crippen LogP contribution in [0.15, 0.2) is 41.6 Å². The number of rotatable bonds is 1. The van der Waals surface area contributed by atoms with Crippen LogP contribution >= 0.6 is 0 Å². The third-order valence-corrected chi connectivity index (χ3v) is 3.63. The van der Waals surface area contributed by atoms with Crippen LogP contribution in [0.1, 0.15) is 5.56 Å². The zero-order valence-corrected chi connectivity index (χ0v) is 14.0. The predicted octanol–water partition coefficient (Wildman–Crippen LogP) is 2.85. The number of oxime groups is 1. The first-order chi connectivity index (χ1) is 9.77. The van der Waals surface area contributed by atoms with E-state index in [-0.39, 0.29) is 20.1 Å². The number of amidine groups is 1. The summed E-state index contributed by atoms with van der Waals surface area (Å²) in [5.74, 6) is 0.818. The predicted molar refractivity (Wildman–Crippen MR) is 79.4 cm³/mol. The van der Waals surface area contributed by atoms with Crippen LogP contribution < -0.4 is 9.80 Å². The Balaban J connectivity index is 0.00000132. The Labute approximate surface area is 137 Å². The van der Waals surface area contributed by atoms with Crippen molar-refractivity contribution in [3.63, 3.8) is 0 Å². The van der Waals surface area contributed by atoms with Crippen molar-refractivity contribution in [2.75, 3.05) is 23.9 Å². The smallest absolute Gasteiger partial charge is 0.148 e. The second kappa shape index (κ2) is 5.17. The zero-order valence-electron chi connectivity index (χ0n) is 11.6. The van der Waals surface area contributed by atoms with Crippen LogP contribution in [0.25, 0.3) is 11.1 Å². The Morgan fingerprint density at radius 1 is 1.19 bits per heavy atom. The van der Waals surface area contributed by atoms with Crippen LogP contribution in [0, 0.1) is 12.8 Å². The Hall–Kier alpha value is -1.84. The summed E-state index contributed by atoms with van der Waals surface area (Å²) in [6.07, 6.45) is 0. The van der Waals surface area contributed by atoms with Crippen LogP contribution in [0.5, 0.6) is 0 Å². The second-order valence-corrected chi connectivity index (χ2v) is 5.02. The van der Waals surface area contributed by atoms with Gasteiger partial charge in [-0.1, -0.05) is 17.8 Å². The fourth-order valence-corrected chi connectivity index (χ4v) is 2.76. The fourth-order valence-electron chi connectivity index (χ4n) is 2.76. The molecule has 0 fully saturated rings. The molecule has 0 unspecified atom stereocenters. The van der Waals surface area contributed by atoms with Crippen molar-refractivity contribution in [2.45, 2.75) is 0 Å². The first-order valence-corrected chi connectivity index (χ1v) is 6.45. The van der Waals surface area contributed by atoms with Crippen molar-refractivity contribution in [1.82, 2.24) is 0 Å². The first-order valence-electron chi connectivity index (χ1n) is 6.45. The van der Waals surface area contributed by atoms with Crippen molar-refractivity contribution >= 4 is 17.2 Å². The third kappa shape index (κ3) is 1.96. The van der Waals surface area contributed by atoms with Gasteiger partial charge in [0.2, 0.25) is 0 Å². The van der Waals surface area contributed by atoms with Crippen molar-refractivity contribution < 1.29 is 24.9 Å². The molecule has 109 valence electrons. The summed E-state index contributed by atoms with van der Waals surface area (Å²) in [7, 11) is 4.10. The molecule has 4 rings (SSSR count). The normalized spacial score (nSPS) is 14.2. The SMILES string of the molecule is CN(C)c1cccc2c1-c1ccc[c-]c1N1[CH-]ON=C21.[Ir]. The number of hydrogen-bond acceptors (Lipinski definition) is 4. The molecular weight excluding hydrogens is 442 g/mol. The molecule has 0 aliphatic carbocycles. The minimum atomic E-state index is 0. The number of fused-ring (bicyclic) bond motifs is 6. The molecule has 0 spiro atoms. The summed E-state index contributed by atoms with van der Waals surface area (Å²) in [5, 5.41) is 4.15. The Morgan fingerprint density at radius 2 is 2.00 bits per heavy atom. The molecule has 4 nitrogen and oxygen atoms in total. The number of anilines is 2. The quantitative estimate of drug-likeness (QED) is 0.620. The van der Waals surface area contributed by atoms with Gasteiger partial charge < -0.3 is 14.6 Å². The molecule has 2 aliphatic heterocycles. The van der Waals surface area contributed by atoms with Gasteiger partial charge in [-0.15, -0.1) is 10.7 Å². The summed E-state index contributed by atoms with van der Waals surface area (Å²) in [4.78, 5) is 9.22. The van der Waals surface area contributed by atoms with Gasteiger partial charge in [0.1, 0.15) is 5.84 Å². The van der Waals surface area contributed by atoms with Gasteiger partial charge in [-0.05, 0) is 18.4 Å². The van der Waals surface area contributed by atoms with Gasteiger partial charge in [0.15, 0.2) is 0 Å². The monoisotopic (exact) mass is 456 g/mol. The number of hydrogen-bond donors (Lipinski definition) is 0. The number of para-hydroxylation sites is 1. The van der Waals surface area contributed by atoms with E-state index in [9.17, 15) is 0 Å². The third-order valence-electron chi connectivity index (χ3n) is 3.63. The van der Waals surface area contributed by atoms with Gasteiger partial charge in [0.25, 0.3) is 0 Å². The Bertz CT molecular complexity index is 727. The summed E-state index contributed by atoms with van der Waals surface area (Å²) >= 11 is 0. The molecule has 0 saturated carbocycles. The topological polar surface area (TPSA) is 28.1 Å². The molecule has 0 bridgehead atoms. The van der Waals surface area contributed by atoms with Gasteiger partial charge in [-0.3, -0.25) is 0 Å². The van der Waals surface area contributed by atoms with E-state index in [1.54, 1.807) is 6.73 Å². The zero-order chi connectivity index (χ0) is 13.7. The van der Waals surface area contributed by atoms with E-state index in [0.717, 1.165) is 28.3 Å². The largest absolute Gasteiger partial charge is 0.544 e. The van der Waals surface area contributed by atoms with Crippen molar-refractivity contribution in [3.05, 3.63) is 54.8 Å². The minimum Gasteiger partial charge on any atom is -0.544 e. The molecule has 2 heterocycles. The Morgan fingerprint density at radius 3 is 2.81 bits per heavy atom. The molecule has 2 aromatic carbocycles. The molecule has 2 aliphatic rings. The standard InChI is InChI=1S/C16H13N3O.Ir/c1-18(2)14-9-5-7-12-15(14)11-6-3-4-8-13(11)19-10-20-17-16(12)19;/h3-7,9-10H,1-2H3;/q-2;. The van der Waals surface area contributed by atoms with E-state index < -0.39 is 0 Å². The summed E-state index contributed by atoms with van der Waals surface area (Å²) in [6.45, 7) is 1.62. The van der Waals surface area contributed by atoms with Crippen LogP contribution in [-0.2, 0) is 24.9 Å². The van der Waals surface area contributed by atoms with Gasteiger partial charge in [-0.2, -0.15) is 24.3 Å². The van der Waals surface area contributed by atoms with Gasteiger partial charge >= 0.3 is 0 Å². The van der Waals surface area contributed by atoms with Crippen molar-refractivity contribution in [2.24, 2.45) is 5.16 Å². The van der Waals surface area contributed by atoms with E-state index in [0.29, 0.717) is 0 Å². The summed E-state index contributed by atoms with van der Waals surface area (Å²) in [6, 6.07) is 15.5. The average molecular weight is 456 g/mol. The van der Waals surface area contributed by atoms with Gasteiger partial charge in [0, 0.05) is 45.5 Å². The first kappa shape index (κ1) is 14.1. The van der Waals surface area contributed by atoms with E-state index in [2.05, 4.69) is 34.3 Å². The molecule has 2 aromatic rings. The maximum atomic E-state index is 5.16. The molecule has 0 amide bonds. The molecule has 0 N–H and O–H groups in total. The fraction of sp³-hybridized carbons (Fsp3) is 0.125. The van der Waals surface area contributed by atoms with Crippen LogP contribution in [0.3, 0.4) is 0 Å². The Kier molecular flexibility index (Phi) is 3.47. The molecular formula is C16H13IrN3O-2. The van der Waals surface area contributed by atoms with E-state index in [4.69, 9.17) is 4.84 Å². The minimum absolute atomic E-state index is 0. The molecule has 0 atom stereocenters. The van der Waals surface area contributed by atoms with E-state index in [1.165, 1.54) is 5.56 Å². The maximum absolute atomic E-state index is 5.16. The summed E-state index contributed by atoms with van der Waals surface area (Å²) < 4.78 is 0. The second-order valence-electron chi connectivity index (χ2n) is 5.02. The average Bonchev–Trinajstić information content (AvgIpc) is 2.96. The molecule has 0 aromatic heterocycles. The van der Waals surface area contributed by atoms with Crippen LogP contribution in [-0.4, -0.2) is 19.9 Å². The van der Waals surface area contributed by atoms with Gasteiger partial charge in [-0.25, -0.2) is 0 Å². The number of nitrogens with zero attached hydrogens (tertiary/aromatic N) is 3. The van der Waals surface area contributed by atoms with Crippen molar-refractivity contribution in [3.8, 4) is 11.1 Å². The van der Waals surface area contributed by atoms with E-state index >= 15 is 0 Å². The molecule has 21 heavy (non-hydrogen) atoms.